The van der Waals surface area contributed by atoms with Gasteiger partial charge in [0.2, 0.25) is 0 Å². The molecule has 2 aromatic rings. The number of carbonyl (C=O) groups is 1. The van der Waals surface area contributed by atoms with Crippen LogP contribution in [0.25, 0.3) is 0 Å². The van der Waals surface area contributed by atoms with E-state index in [-0.39, 0.29) is 12.5 Å². The third-order valence-corrected chi connectivity index (χ3v) is 3.86. The predicted octanol–water partition coefficient (Wildman–Crippen LogP) is 2.51. The Balaban J connectivity index is 2.03. The van der Waals surface area contributed by atoms with Gasteiger partial charge in [-0.1, -0.05) is 12.1 Å². The Labute approximate surface area is 122 Å². The molecule has 0 aliphatic carbocycles. The van der Waals surface area contributed by atoms with E-state index in [1.54, 1.807) is 18.9 Å². The number of hydrogen-bond acceptors (Lipinski definition) is 5. The zero-order valence-corrected chi connectivity index (χ0v) is 12.8. The van der Waals surface area contributed by atoms with Gasteiger partial charge < -0.3 is 9.64 Å². The van der Waals surface area contributed by atoms with Crippen LogP contribution in [0.3, 0.4) is 0 Å². The fourth-order valence-corrected chi connectivity index (χ4v) is 2.33. The highest BCUT2D eigenvalue weighted by Crippen LogP contribution is 2.22. The van der Waals surface area contributed by atoms with E-state index in [1.165, 1.54) is 0 Å². The van der Waals surface area contributed by atoms with Crippen molar-refractivity contribution in [1.82, 2.24) is 9.36 Å². The van der Waals surface area contributed by atoms with Crippen molar-refractivity contribution in [3.8, 4) is 5.19 Å². The number of ether oxygens (including phenoxy) is 1. The summed E-state index contributed by atoms with van der Waals surface area (Å²) in [7, 11) is 1.75. The van der Waals surface area contributed by atoms with Gasteiger partial charge in [-0.3, -0.25) is 4.79 Å². The monoisotopic (exact) mass is 291 g/mol. The zero-order valence-electron chi connectivity index (χ0n) is 12.0. The van der Waals surface area contributed by atoms with E-state index in [0.29, 0.717) is 11.0 Å². The second-order valence-electron chi connectivity index (χ2n) is 4.57. The van der Waals surface area contributed by atoms with Crippen molar-refractivity contribution in [2.24, 2.45) is 0 Å². The molecule has 0 atom stereocenters. The van der Waals surface area contributed by atoms with Crippen molar-refractivity contribution in [2.75, 3.05) is 18.6 Å². The summed E-state index contributed by atoms with van der Waals surface area (Å²) in [6.07, 6.45) is 0. The number of aryl methyl sites for hydroxylation is 2. The van der Waals surface area contributed by atoms with E-state index in [2.05, 4.69) is 9.36 Å². The van der Waals surface area contributed by atoms with Crippen LogP contribution in [0.15, 0.2) is 18.2 Å². The normalized spacial score (nSPS) is 10.4. The topological polar surface area (TPSA) is 55.3 Å². The Morgan fingerprint density at radius 2 is 2.10 bits per heavy atom. The van der Waals surface area contributed by atoms with Crippen molar-refractivity contribution in [3.63, 3.8) is 0 Å². The molecule has 5 nitrogen and oxygen atoms in total. The van der Waals surface area contributed by atoms with Crippen LogP contribution < -0.4 is 9.64 Å². The minimum absolute atomic E-state index is 0.0431. The number of hydrogen-bond donors (Lipinski definition) is 0. The Morgan fingerprint density at radius 3 is 2.75 bits per heavy atom. The van der Waals surface area contributed by atoms with E-state index in [4.69, 9.17) is 4.74 Å². The fraction of sp³-hybridized carbons (Fsp3) is 0.357. The molecule has 1 aromatic carbocycles. The molecule has 20 heavy (non-hydrogen) atoms. The molecular formula is C14H17N3O2S. The molecule has 2 rings (SSSR count). The van der Waals surface area contributed by atoms with E-state index in [1.807, 2.05) is 32.0 Å². The first kappa shape index (κ1) is 14.5. The van der Waals surface area contributed by atoms with Crippen LogP contribution in [0.1, 0.15) is 17.0 Å². The van der Waals surface area contributed by atoms with Crippen LogP contribution >= 0.6 is 11.5 Å². The maximum atomic E-state index is 12.1. The summed E-state index contributed by atoms with van der Waals surface area (Å²) in [6, 6.07) is 5.89. The number of benzene rings is 1. The van der Waals surface area contributed by atoms with Crippen LogP contribution in [-0.4, -0.2) is 28.9 Å². The molecule has 0 saturated carbocycles. The summed E-state index contributed by atoms with van der Waals surface area (Å²) < 4.78 is 9.36. The minimum atomic E-state index is -0.119. The number of anilines is 1. The van der Waals surface area contributed by atoms with Gasteiger partial charge in [0.25, 0.3) is 11.1 Å². The fourth-order valence-electron chi connectivity index (χ4n) is 1.79. The lowest BCUT2D eigenvalue weighted by atomic mass is 10.1. The SMILES string of the molecule is Cc1nsc(OCC(=O)N(C)c2cccc(C)c2C)n1. The molecular weight excluding hydrogens is 274 g/mol. The molecule has 0 spiro atoms. The van der Waals surface area contributed by atoms with Crippen LogP contribution in [-0.2, 0) is 4.79 Å². The maximum absolute atomic E-state index is 12.1. The van der Waals surface area contributed by atoms with E-state index >= 15 is 0 Å². The van der Waals surface area contributed by atoms with Gasteiger partial charge in [0.1, 0.15) is 5.82 Å². The Kier molecular flexibility index (Phi) is 4.34. The summed E-state index contributed by atoms with van der Waals surface area (Å²) >= 11 is 1.15. The van der Waals surface area contributed by atoms with E-state index in [9.17, 15) is 4.79 Å². The quantitative estimate of drug-likeness (QED) is 0.868. The van der Waals surface area contributed by atoms with Gasteiger partial charge in [-0.25, -0.2) is 0 Å². The van der Waals surface area contributed by atoms with Crippen LogP contribution in [0, 0.1) is 20.8 Å². The molecule has 0 radical (unpaired) electrons. The molecule has 0 fully saturated rings. The van der Waals surface area contributed by atoms with Gasteiger partial charge in [0.15, 0.2) is 6.61 Å². The lowest BCUT2D eigenvalue weighted by Gasteiger charge is -2.20. The summed E-state index contributed by atoms with van der Waals surface area (Å²) in [4.78, 5) is 17.8. The molecule has 0 saturated heterocycles. The third kappa shape index (κ3) is 3.14. The molecule has 0 aliphatic rings. The second kappa shape index (κ2) is 6.00. The third-order valence-electron chi connectivity index (χ3n) is 3.14. The van der Waals surface area contributed by atoms with Crippen molar-refractivity contribution in [1.29, 1.82) is 0 Å². The Hall–Kier alpha value is -1.95. The number of amides is 1. The maximum Gasteiger partial charge on any atom is 0.293 e. The van der Waals surface area contributed by atoms with Crippen molar-refractivity contribution >= 4 is 23.1 Å². The number of nitrogens with zero attached hydrogens (tertiary/aromatic N) is 3. The van der Waals surface area contributed by atoms with Gasteiger partial charge in [-0.15, -0.1) is 0 Å². The molecule has 1 heterocycles. The summed E-state index contributed by atoms with van der Waals surface area (Å²) in [5.74, 6) is 0.534. The standard InChI is InChI=1S/C14H17N3O2S/c1-9-6-5-7-12(10(9)2)17(4)13(18)8-19-14-15-11(3)16-20-14/h5-7H,8H2,1-4H3. The molecule has 1 amide bonds. The smallest absolute Gasteiger partial charge is 0.293 e. The second-order valence-corrected chi connectivity index (χ2v) is 5.28. The summed E-state index contributed by atoms with van der Waals surface area (Å²) in [5.41, 5.74) is 3.14. The van der Waals surface area contributed by atoms with Gasteiger partial charge in [0, 0.05) is 24.3 Å². The zero-order chi connectivity index (χ0) is 14.7. The van der Waals surface area contributed by atoms with Gasteiger partial charge in [0.05, 0.1) is 0 Å². The first-order chi connectivity index (χ1) is 9.49. The minimum Gasteiger partial charge on any atom is -0.459 e. The van der Waals surface area contributed by atoms with E-state index in [0.717, 1.165) is 28.3 Å². The highest BCUT2D eigenvalue weighted by molar-refractivity contribution is 7.07. The molecule has 106 valence electrons. The van der Waals surface area contributed by atoms with Gasteiger partial charge >= 0.3 is 0 Å². The van der Waals surface area contributed by atoms with Crippen LogP contribution in [0.2, 0.25) is 0 Å². The van der Waals surface area contributed by atoms with Crippen LogP contribution in [0.5, 0.6) is 5.19 Å². The average Bonchev–Trinajstić information content (AvgIpc) is 2.84. The number of likely N-dealkylation sites (N-methyl/N-ethyl adjacent to an activating group) is 1. The van der Waals surface area contributed by atoms with Crippen LogP contribution in [0.4, 0.5) is 5.69 Å². The first-order valence-electron chi connectivity index (χ1n) is 6.25. The highest BCUT2D eigenvalue weighted by atomic mass is 32.1. The molecule has 0 unspecified atom stereocenters. The summed E-state index contributed by atoms with van der Waals surface area (Å²) in [5, 5.41) is 0.421. The molecule has 0 aliphatic heterocycles. The van der Waals surface area contributed by atoms with Crippen molar-refractivity contribution in [3.05, 3.63) is 35.2 Å². The Morgan fingerprint density at radius 1 is 1.35 bits per heavy atom. The average molecular weight is 291 g/mol. The number of rotatable bonds is 4. The lowest BCUT2D eigenvalue weighted by Crippen LogP contribution is -2.31. The molecule has 1 aromatic heterocycles. The predicted molar refractivity (Wildman–Crippen MR) is 79.5 cm³/mol. The van der Waals surface area contributed by atoms with Gasteiger partial charge in [-0.2, -0.15) is 9.36 Å². The van der Waals surface area contributed by atoms with Gasteiger partial charge in [-0.05, 0) is 38.0 Å². The Bertz CT molecular complexity index is 625. The largest absolute Gasteiger partial charge is 0.459 e. The van der Waals surface area contributed by atoms with E-state index < -0.39 is 0 Å². The first-order valence-corrected chi connectivity index (χ1v) is 7.02. The highest BCUT2D eigenvalue weighted by Gasteiger charge is 2.15. The molecule has 6 heteroatoms. The van der Waals surface area contributed by atoms with Crippen molar-refractivity contribution < 1.29 is 9.53 Å². The lowest BCUT2D eigenvalue weighted by molar-refractivity contribution is -0.120. The van der Waals surface area contributed by atoms with Crippen molar-refractivity contribution in [2.45, 2.75) is 20.8 Å². The number of carbonyl (C=O) groups excluding carboxylic acids is 1. The number of aromatic nitrogens is 2. The molecule has 0 bridgehead atoms. The molecule has 0 N–H and O–H groups in total. The summed E-state index contributed by atoms with van der Waals surface area (Å²) in [6.45, 7) is 5.77.